The molecule has 0 unspecified atom stereocenters. The Balaban J connectivity index is 3.18. The van der Waals surface area contributed by atoms with Crippen molar-refractivity contribution in [2.45, 2.75) is 19.4 Å². The van der Waals surface area contributed by atoms with Crippen LogP contribution in [0.15, 0.2) is 18.3 Å². The number of pyridine rings is 1. The lowest BCUT2D eigenvalue weighted by Crippen LogP contribution is -2.45. The number of aliphatic hydroxyl groups excluding tert-OH is 1. The van der Waals surface area contributed by atoms with E-state index in [1.54, 1.807) is 25.8 Å². The third-order valence-corrected chi connectivity index (χ3v) is 2.58. The van der Waals surface area contributed by atoms with Crippen LogP contribution in [0.1, 0.15) is 13.8 Å². The van der Waals surface area contributed by atoms with E-state index in [1.165, 1.54) is 18.3 Å². The average molecular weight is 225 g/mol. The topological polar surface area (TPSA) is 79.5 Å². The number of nitro groups is 1. The zero-order valence-electron chi connectivity index (χ0n) is 9.54. The van der Waals surface area contributed by atoms with Gasteiger partial charge in [-0.3, -0.25) is 10.1 Å². The molecule has 0 atom stereocenters. The number of hydrogen-bond donors (Lipinski definition) is 1. The molecular weight excluding hydrogens is 210 g/mol. The van der Waals surface area contributed by atoms with Crippen LogP contribution in [0.4, 0.5) is 11.5 Å². The van der Waals surface area contributed by atoms with Gasteiger partial charge < -0.3 is 10.0 Å². The van der Waals surface area contributed by atoms with Gasteiger partial charge in [0.1, 0.15) is 0 Å². The number of hydrogen-bond acceptors (Lipinski definition) is 5. The summed E-state index contributed by atoms with van der Waals surface area (Å²) in [5.74, 6) is 0.256. The van der Waals surface area contributed by atoms with Gasteiger partial charge >= 0.3 is 5.69 Å². The van der Waals surface area contributed by atoms with E-state index in [0.29, 0.717) is 0 Å². The normalized spacial score (nSPS) is 11.2. The van der Waals surface area contributed by atoms with Crippen molar-refractivity contribution in [3.05, 3.63) is 28.4 Å². The first-order valence-electron chi connectivity index (χ1n) is 4.84. The standard InChI is InChI=1S/C10H15N3O3/c1-10(2,7-14)12(3)9-8(13(15)16)5-4-6-11-9/h4-6,14H,7H2,1-3H3. The first kappa shape index (κ1) is 12.4. The molecule has 0 bridgehead atoms. The lowest BCUT2D eigenvalue weighted by Gasteiger charge is -2.34. The molecule has 1 rings (SSSR count). The predicted octanol–water partition coefficient (Wildman–Crippen LogP) is 1.20. The Bertz CT molecular complexity index is 393. The molecule has 1 aromatic heterocycles. The molecule has 0 aliphatic heterocycles. The fourth-order valence-electron chi connectivity index (χ4n) is 1.18. The molecule has 6 nitrogen and oxygen atoms in total. The first-order valence-corrected chi connectivity index (χ1v) is 4.84. The van der Waals surface area contributed by atoms with E-state index < -0.39 is 10.5 Å². The largest absolute Gasteiger partial charge is 0.394 e. The molecule has 1 N–H and O–H groups in total. The molecule has 0 aliphatic carbocycles. The number of likely N-dealkylation sites (N-methyl/N-ethyl adjacent to an activating group) is 1. The van der Waals surface area contributed by atoms with Crippen LogP contribution < -0.4 is 4.90 Å². The molecule has 0 saturated heterocycles. The molecule has 16 heavy (non-hydrogen) atoms. The van der Waals surface area contributed by atoms with Crippen molar-refractivity contribution >= 4 is 11.5 Å². The SMILES string of the molecule is CN(c1ncccc1[N+](=O)[O-])C(C)(C)CO. The molecular formula is C10H15N3O3. The minimum Gasteiger partial charge on any atom is -0.394 e. The molecule has 1 heterocycles. The van der Waals surface area contributed by atoms with Crippen LogP contribution in [0.3, 0.4) is 0 Å². The summed E-state index contributed by atoms with van der Waals surface area (Å²) < 4.78 is 0. The van der Waals surface area contributed by atoms with Crippen molar-refractivity contribution < 1.29 is 10.0 Å². The van der Waals surface area contributed by atoms with Gasteiger partial charge in [0.05, 0.1) is 17.1 Å². The van der Waals surface area contributed by atoms with Crippen LogP contribution in [0, 0.1) is 10.1 Å². The van der Waals surface area contributed by atoms with E-state index in [4.69, 9.17) is 0 Å². The summed E-state index contributed by atoms with van der Waals surface area (Å²) in [6.45, 7) is 3.45. The minimum atomic E-state index is -0.598. The summed E-state index contributed by atoms with van der Waals surface area (Å²) in [7, 11) is 1.67. The zero-order chi connectivity index (χ0) is 12.3. The Morgan fingerprint density at radius 2 is 2.25 bits per heavy atom. The number of rotatable bonds is 4. The molecule has 0 radical (unpaired) electrons. The van der Waals surface area contributed by atoms with E-state index in [9.17, 15) is 15.2 Å². The number of aliphatic hydroxyl groups is 1. The lowest BCUT2D eigenvalue weighted by atomic mass is 10.1. The van der Waals surface area contributed by atoms with Gasteiger partial charge in [0, 0.05) is 19.3 Å². The molecule has 1 aromatic rings. The summed E-state index contributed by atoms with van der Waals surface area (Å²) in [5.41, 5.74) is -0.662. The Kier molecular flexibility index (Phi) is 3.44. The van der Waals surface area contributed by atoms with Crippen LogP contribution in [0.25, 0.3) is 0 Å². The molecule has 0 saturated carbocycles. The van der Waals surface area contributed by atoms with Gasteiger partial charge in [0.25, 0.3) is 0 Å². The second-order valence-corrected chi connectivity index (χ2v) is 4.13. The third kappa shape index (κ3) is 2.27. The van der Waals surface area contributed by atoms with E-state index >= 15 is 0 Å². The van der Waals surface area contributed by atoms with Gasteiger partial charge in [0.2, 0.25) is 5.82 Å². The molecule has 0 fully saturated rings. The molecule has 0 aliphatic rings. The van der Waals surface area contributed by atoms with Gasteiger partial charge in [0.15, 0.2) is 0 Å². The van der Waals surface area contributed by atoms with Crippen LogP contribution >= 0.6 is 0 Å². The van der Waals surface area contributed by atoms with Gasteiger partial charge in [-0.15, -0.1) is 0 Å². The van der Waals surface area contributed by atoms with Crippen molar-refractivity contribution in [2.24, 2.45) is 0 Å². The fourth-order valence-corrected chi connectivity index (χ4v) is 1.18. The maximum Gasteiger partial charge on any atom is 0.311 e. The van der Waals surface area contributed by atoms with Crippen molar-refractivity contribution in [3.63, 3.8) is 0 Å². The quantitative estimate of drug-likeness (QED) is 0.615. The highest BCUT2D eigenvalue weighted by atomic mass is 16.6. The highest BCUT2D eigenvalue weighted by molar-refractivity contribution is 5.58. The monoisotopic (exact) mass is 225 g/mol. The summed E-state index contributed by atoms with van der Waals surface area (Å²) in [5, 5.41) is 20.0. The van der Waals surface area contributed by atoms with E-state index in [1.807, 2.05) is 0 Å². The van der Waals surface area contributed by atoms with Gasteiger partial charge in [-0.2, -0.15) is 0 Å². The van der Waals surface area contributed by atoms with Crippen LogP contribution in [-0.4, -0.2) is 34.2 Å². The molecule has 88 valence electrons. The first-order chi connectivity index (χ1) is 7.40. The van der Waals surface area contributed by atoms with Gasteiger partial charge in [-0.05, 0) is 19.9 Å². The summed E-state index contributed by atoms with van der Waals surface area (Å²) >= 11 is 0. The van der Waals surface area contributed by atoms with Crippen LogP contribution in [-0.2, 0) is 0 Å². The van der Waals surface area contributed by atoms with Crippen molar-refractivity contribution in [1.29, 1.82) is 0 Å². The van der Waals surface area contributed by atoms with Crippen LogP contribution in [0.2, 0.25) is 0 Å². The second kappa shape index (κ2) is 4.44. The third-order valence-electron chi connectivity index (χ3n) is 2.58. The highest BCUT2D eigenvalue weighted by Crippen LogP contribution is 2.28. The summed E-state index contributed by atoms with van der Waals surface area (Å²) in [6, 6.07) is 2.91. The van der Waals surface area contributed by atoms with Gasteiger partial charge in [-0.1, -0.05) is 0 Å². The molecule has 0 amide bonds. The highest BCUT2D eigenvalue weighted by Gasteiger charge is 2.28. The summed E-state index contributed by atoms with van der Waals surface area (Å²) in [4.78, 5) is 15.9. The molecule has 0 spiro atoms. The zero-order valence-corrected chi connectivity index (χ0v) is 9.54. The van der Waals surface area contributed by atoms with Crippen molar-refractivity contribution in [2.75, 3.05) is 18.6 Å². The predicted molar refractivity (Wildman–Crippen MR) is 60.5 cm³/mol. The number of anilines is 1. The van der Waals surface area contributed by atoms with Crippen LogP contribution in [0.5, 0.6) is 0 Å². The average Bonchev–Trinajstić information content (AvgIpc) is 2.28. The second-order valence-electron chi connectivity index (χ2n) is 4.13. The van der Waals surface area contributed by atoms with Crippen molar-refractivity contribution in [1.82, 2.24) is 4.98 Å². The molecule has 6 heteroatoms. The Morgan fingerprint density at radius 1 is 1.62 bits per heavy atom. The van der Waals surface area contributed by atoms with Gasteiger partial charge in [-0.25, -0.2) is 4.98 Å². The minimum absolute atomic E-state index is 0.0634. The Labute approximate surface area is 93.7 Å². The van der Waals surface area contributed by atoms with E-state index in [2.05, 4.69) is 4.98 Å². The summed E-state index contributed by atoms with van der Waals surface area (Å²) in [6.07, 6.45) is 1.49. The Morgan fingerprint density at radius 3 is 2.75 bits per heavy atom. The lowest BCUT2D eigenvalue weighted by molar-refractivity contribution is -0.384. The van der Waals surface area contributed by atoms with Crippen molar-refractivity contribution in [3.8, 4) is 0 Å². The molecule has 0 aromatic carbocycles. The number of nitrogens with zero attached hydrogens (tertiary/aromatic N) is 3. The maximum atomic E-state index is 10.8. The maximum absolute atomic E-state index is 10.8. The van der Waals surface area contributed by atoms with E-state index in [0.717, 1.165) is 0 Å². The smallest absolute Gasteiger partial charge is 0.311 e. The fraction of sp³-hybridized carbons (Fsp3) is 0.500. The van der Waals surface area contributed by atoms with E-state index in [-0.39, 0.29) is 18.1 Å². The number of aromatic nitrogens is 1. The Hall–Kier alpha value is -1.69.